The molecule has 2 rings (SSSR count). The first kappa shape index (κ1) is 9.02. The monoisotopic (exact) mass is 192 g/mol. The van der Waals surface area contributed by atoms with E-state index in [0.29, 0.717) is 0 Å². The Morgan fingerprint density at radius 3 is 2.79 bits per heavy atom. The van der Waals surface area contributed by atoms with Crippen molar-refractivity contribution in [1.82, 2.24) is 10.6 Å². The molecule has 4 heteroatoms. The van der Waals surface area contributed by atoms with Crippen molar-refractivity contribution in [3.05, 3.63) is 29.8 Å². The average molecular weight is 192 g/mol. The average Bonchev–Trinajstić information content (AvgIpc) is 2.47. The first-order chi connectivity index (χ1) is 6.66. The van der Waals surface area contributed by atoms with Gasteiger partial charge in [0.25, 0.3) is 0 Å². The van der Waals surface area contributed by atoms with Gasteiger partial charge in [-0.25, -0.2) is 0 Å². The molecule has 0 radical (unpaired) electrons. The summed E-state index contributed by atoms with van der Waals surface area (Å²) in [7, 11) is 0. The van der Waals surface area contributed by atoms with Crippen molar-refractivity contribution in [3.8, 4) is 5.75 Å². The van der Waals surface area contributed by atoms with Crippen LogP contribution in [0, 0.1) is 0 Å². The zero-order chi connectivity index (χ0) is 10.1. The second-order valence-electron chi connectivity index (χ2n) is 3.42. The Balaban J connectivity index is 2.21. The lowest BCUT2D eigenvalue weighted by Gasteiger charge is -2.11. The Morgan fingerprint density at radius 1 is 1.43 bits per heavy atom. The van der Waals surface area contributed by atoms with Crippen LogP contribution in [0.2, 0.25) is 0 Å². The number of benzene rings is 1. The molecule has 2 atom stereocenters. The van der Waals surface area contributed by atoms with E-state index in [1.165, 1.54) is 0 Å². The maximum absolute atomic E-state index is 11.2. The maximum atomic E-state index is 11.2. The number of aromatic hydroxyl groups is 1. The molecule has 1 aromatic carbocycles. The second-order valence-corrected chi connectivity index (χ2v) is 3.42. The van der Waals surface area contributed by atoms with Crippen molar-refractivity contribution < 1.29 is 9.90 Å². The van der Waals surface area contributed by atoms with Crippen molar-refractivity contribution >= 4 is 5.91 Å². The van der Waals surface area contributed by atoms with E-state index in [-0.39, 0.29) is 23.9 Å². The summed E-state index contributed by atoms with van der Waals surface area (Å²) < 4.78 is 0. The fourth-order valence-corrected chi connectivity index (χ4v) is 1.52. The molecule has 1 saturated heterocycles. The van der Waals surface area contributed by atoms with Gasteiger partial charge in [0.2, 0.25) is 5.91 Å². The van der Waals surface area contributed by atoms with Crippen LogP contribution < -0.4 is 10.6 Å². The van der Waals surface area contributed by atoms with Gasteiger partial charge in [-0.1, -0.05) is 12.1 Å². The number of nitrogens with one attached hydrogen (secondary N) is 2. The predicted octanol–water partition coefficient (Wildman–Crippen LogP) is 0.499. The molecule has 1 fully saturated rings. The normalized spacial score (nSPS) is 26.2. The number of carbonyl (C=O) groups excluding carboxylic acids is 1. The van der Waals surface area contributed by atoms with E-state index >= 15 is 0 Å². The van der Waals surface area contributed by atoms with Gasteiger partial charge in [0, 0.05) is 0 Å². The zero-order valence-electron chi connectivity index (χ0n) is 7.82. The van der Waals surface area contributed by atoms with E-state index in [2.05, 4.69) is 10.6 Å². The molecular weight excluding hydrogens is 180 g/mol. The highest BCUT2D eigenvalue weighted by Gasteiger charge is 2.28. The Labute approximate surface area is 81.9 Å². The molecule has 1 amide bonds. The van der Waals surface area contributed by atoms with Gasteiger partial charge < -0.3 is 10.4 Å². The molecule has 14 heavy (non-hydrogen) atoms. The van der Waals surface area contributed by atoms with Gasteiger partial charge in [-0.3, -0.25) is 10.1 Å². The molecule has 1 aliphatic rings. The summed E-state index contributed by atoms with van der Waals surface area (Å²) in [5.41, 5.74) is 0.864. The van der Waals surface area contributed by atoms with E-state index in [1.54, 1.807) is 25.1 Å². The van der Waals surface area contributed by atoms with Crippen molar-refractivity contribution in [3.63, 3.8) is 0 Å². The molecule has 3 N–H and O–H groups in total. The van der Waals surface area contributed by atoms with Crippen molar-refractivity contribution in [1.29, 1.82) is 0 Å². The van der Waals surface area contributed by atoms with Gasteiger partial charge in [0.05, 0.1) is 6.04 Å². The number of rotatable bonds is 1. The van der Waals surface area contributed by atoms with Crippen LogP contribution in [-0.2, 0) is 4.79 Å². The van der Waals surface area contributed by atoms with Gasteiger partial charge in [0.15, 0.2) is 0 Å². The quantitative estimate of drug-likeness (QED) is 0.607. The van der Waals surface area contributed by atoms with Crippen LogP contribution in [0.25, 0.3) is 0 Å². The molecule has 74 valence electrons. The molecule has 1 heterocycles. The maximum Gasteiger partial charge on any atom is 0.238 e. The summed E-state index contributed by atoms with van der Waals surface area (Å²) in [4.78, 5) is 11.2. The van der Waals surface area contributed by atoms with Gasteiger partial charge in [-0.15, -0.1) is 0 Å². The van der Waals surface area contributed by atoms with E-state index in [4.69, 9.17) is 0 Å². The van der Waals surface area contributed by atoms with Crippen molar-refractivity contribution in [2.45, 2.75) is 19.1 Å². The van der Waals surface area contributed by atoms with Crippen LogP contribution in [0.3, 0.4) is 0 Å². The lowest BCUT2D eigenvalue weighted by atomic mass is 10.1. The van der Waals surface area contributed by atoms with Crippen molar-refractivity contribution in [2.24, 2.45) is 0 Å². The third-order valence-electron chi connectivity index (χ3n) is 2.30. The minimum Gasteiger partial charge on any atom is -0.508 e. The second kappa shape index (κ2) is 3.31. The van der Waals surface area contributed by atoms with Crippen LogP contribution >= 0.6 is 0 Å². The van der Waals surface area contributed by atoms with Crippen LogP contribution in [0.15, 0.2) is 24.3 Å². The van der Waals surface area contributed by atoms with Gasteiger partial charge >= 0.3 is 0 Å². The number of phenolic OH excluding ortho intramolecular Hbond substituents is 1. The molecule has 2 unspecified atom stereocenters. The van der Waals surface area contributed by atoms with Gasteiger partial charge in [-0.05, 0) is 24.6 Å². The molecule has 0 aromatic heterocycles. The fraction of sp³-hybridized carbons (Fsp3) is 0.300. The largest absolute Gasteiger partial charge is 0.508 e. The number of hydrogen-bond acceptors (Lipinski definition) is 3. The Kier molecular flexibility index (Phi) is 2.13. The summed E-state index contributed by atoms with van der Waals surface area (Å²) in [5, 5.41) is 15.1. The SMILES string of the molecule is CC1NC(c2cccc(O)c2)NC1=O. The smallest absolute Gasteiger partial charge is 0.238 e. The first-order valence-electron chi connectivity index (χ1n) is 4.52. The Morgan fingerprint density at radius 2 is 2.21 bits per heavy atom. The molecule has 0 aliphatic carbocycles. The number of amides is 1. The highest BCUT2D eigenvalue weighted by molar-refractivity contribution is 5.83. The van der Waals surface area contributed by atoms with Crippen molar-refractivity contribution in [2.75, 3.05) is 0 Å². The lowest BCUT2D eigenvalue weighted by Crippen LogP contribution is -2.24. The number of phenols is 1. The van der Waals surface area contributed by atoms with Gasteiger partial charge in [0.1, 0.15) is 11.9 Å². The molecule has 0 spiro atoms. The first-order valence-corrected chi connectivity index (χ1v) is 4.52. The summed E-state index contributed by atoms with van der Waals surface area (Å²) in [6.45, 7) is 1.80. The summed E-state index contributed by atoms with van der Waals surface area (Å²) >= 11 is 0. The molecule has 0 bridgehead atoms. The van der Waals surface area contributed by atoms with E-state index in [1.807, 2.05) is 6.07 Å². The zero-order valence-corrected chi connectivity index (χ0v) is 7.82. The standard InChI is InChI=1S/C10H12N2O2/c1-6-10(14)12-9(11-6)7-3-2-4-8(13)5-7/h2-6,9,11,13H,1H3,(H,12,14). The van der Waals surface area contributed by atoms with E-state index in [0.717, 1.165) is 5.56 Å². The minimum atomic E-state index is -0.190. The molecule has 1 aliphatic heterocycles. The van der Waals surface area contributed by atoms with Gasteiger partial charge in [-0.2, -0.15) is 0 Å². The van der Waals surface area contributed by atoms with Crippen LogP contribution in [0.5, 0.6) is 5.75 Å². The minimum absolute atomic E-state index is 0.0154. The summed E-state index contributed by atoms with van der Waals surface area (Å²) in [6.07, 6.45) is -0.190. The summed E-state index contributed by atoms with van der Waals surface area (Å²) in [6, 6.07) is 6.67. The Hall–Kier alpha value is -1.55. The molecule has 1 aromatic rings. The predicted molar refractivity (Wildman–Crippen MR) is 51.6 cm³/mol. The molecular formula is C10H12N2O2. The Bertz CT molecular complexity index is 365. The van der Waals surface area contributed by atoms with Crippen LogP contribution in [0.4, 0.5) is 0 Å². The highest BCUT2D eigenvalue weighted by Crippen LogP contribution is 2.19. The summed E-state index contributed by atoms with van der Waals surface area (Å²) in [5.74, 6) is 0.191. The third kappa shape index (κ3) is 1.56. The number of hydrogen-bond donors (Lipinski definition) is 3. The third-order valence-corrected chi connectivity index (χ3v) is 2.30. The van der Waals surface area contributed by atoms with Crippen LogP contribution in [0.1, 0.15) is 18.7 Å². The molecule has 4 nitrogen and oxygen atoms in total. The number of carbonyl (C=O) groups is 1. The van der Waals surface area contributed by atoms with E-state index in [9.17, 15) is 9.90 Å². The van der Waals surface area contributed by atoms with E-state index < -0.39 is 0 Å². The fourth-order valence-electron chi connectivity index (χ4n) is 1.52. The van der Waals surface area contributed by atoms with Crippen LogP contribution in [-0.4, -0.2) is 17.1 Å². The highest BCUT2D eigenvalue weighted by atomic mass is 16.3. The molecule has 0 saturated carbocycles. The topological polar surface area (TPSA) is 61.4 Å². The lowest BCUT2D eigenvalue weighted by molar-refractivity contribution is -0.120.